The molecule has 0 amide bonds. The highest BCUT2D eigenvalue weighted by Crippen LogP contribution is 2.53. The van der Waals surface area contributed by atoms with Gasteiger partial charge < -0.3 is 19.1 Å². The Morgan fingerprint density at radius 2 is 0.812 bits per heavy atom. The van der Waals surface area contributed by atoms with Gasteiger partial charge >= 0.3 is 0 Å². The van der Waals surface area contributed by atoms with Crippen molar-refractivity contribution in [2.45, 2.75) is 90.9 Å². The molecule has 3 heterocycles. The Labute approximate surface area is 502 Å². The van der Waals surface area contributed by atoms with E-state index in [-0.39, 0.29) is 28.4 Å². The second-order valence-corrected chi connectivity index (χ2v) is 26.6. The summed E-state index contributed by atoms with van der Waals surface area (Å²) in [5.41, 5.74) is 22.1. The lowest BCUT2D eigenvalue weighted by atomic mass is 9.34. The molecule has 0 aliphatic carbocycles. The number of ether oxygens (including phenoxy) is 3. The standard InChI is InChI=1S/C80H70BNO3/c1-77(2,3)59-39-56-41-61(49-59)79(7,8)80(9,10)62-42-57(40-60(50-62)78(4,5)6)53-36-38-73-70(46-53)81-69-45-52(56)35-37-71(69)82(72-47-58(48-74(85-73)75(72)81)51-23-14-11-15-24-51)76-67(54-25-20-31-65(43-54)83-63-27-16-12-17-28-63)33-22-34-68(76)55-26-21-32-66(44-55)84-64-29-18-13-19-30-64/h11-50H,1-10H3. The van der Waals surface area contributed by atoms with E-state index in [4.69, 9.17) is 14.2 Å². The summed E-state index contributed by atoms with van der Waals surface area (Å²) in [6.07, 6.45) is 0. The monoisotopic (exact) mass is 1100 g/mol. The summed E-state index contributed by atoms with van der Waals surface area (Å²) in [6, 6.07) is 88.3. The summed E-state index contributed by atoms with van der Waals surface area (Å²) in [4.78, 5) is 2.55. The minimum Gasteiger partial charge on any atom is -0.458 e. The van der Waals surface area contributed by atoms with Crippen molar-refractivity contribution in [3.63, 3.8) is 0 Å². The maximum atomic E-state index is 7.45. The Bertz CT molecular complexity index is 4310. The first-order chi connectivity index (χ1) is 40.9. The molecule has 85 heavy (non-hydrogen) atoms. The van der Waals surface area contributed by atoms with E-state index in [9.17, 15) is 0 Å². The van der Waals surface area contributed by atoms with E-state index < -0.39 is 0 Å². The summed E-state index contributed by atoms with van der Waals surface area (Å²) in [5, 5.41) is 0. The fraction of sp³-hybridized carbons (Fsp3) is 0.175. The molecule has 14 rings (SSSR count). The highest BCUT2D eigenvalue weighted by molar-refractivity contribution is 6.99. The molecule has 3 aliphatic rings. The fourth-order valence-electron chi connectivity index (χ4n) is 13.0. The first-order valence-electron chi connectivity index (χ1n) is 30.0. The van der Waals surface area contributed by atoms with Crippen molar-refractivity contribution >= 4 is 40.2 Å². The number of fused-ring (bicyclic) bond motifs is 8. The fourth-order valence-corrected chi connectivity index (χ4v) is 13.0. The normalized spacial score (nSPS) is 14.2. The first kappa shape index (κ1) is 53.7. The second-order valence-electron chi connectivity index (χ2n) is 26.6. The van der Waals surface area contributed by atoms with Gasteiger partial charge in [-0.15, -0.1) is 0 Å². The molecule has 0 aromatic heterocycles. The number of hydrogen-bond donors (Lipinski definition) is 0. The lowest BCUT2D eigenvalue weighted by Crippen LogP contribution is -2.59. The molecular formula is C80H70BNO3. The van der Waals surface area contributed by atoms with Crippen LogP contribution in [0.5, 0.6) is 34.5 Å². The first-order valence-corrected chi connectivity index (χ1v) is 30.0. The molecule has 416 valence electrons. The minimum atomic E-state index is -0.298. The van der Waals surface area contributed by atoms with Crippen LogP contribution in [-0.2, 0) is 21.7 Å². The Balaban J connectivity index is 1.09. The average molecular weight is 1100 g/mol. The zero-order valence-electron chi connectivity index (χ0n) is 50.3. The van der Waals surface area contributed by atoms with Crippen molar-refractivity contribution < 1.29 is 14.2 Å². The van der Waals surface area contributed by atoms with Crippen LogP contribution in [0.15, 0.2) is 243 Å². The lowest BCUT2D eigenvalue weighted by molar-refractivity contribution is 0.302. The van der Waals surface area contributed by atoms with Gasteiger partial charge in [-0.1, -0.05) is 239 Å². The quantitative estimate of drug-likeness (QED) is 0.142. The van der Waals surface area contributed by atoms with E-state index in [1.54, 1.807) is 0 Å². The van der Waals surface area contributed by atoms with Crippen LogP contribution in [0.25, 0.3) is 55.6 Å². The Morgan fingerprint density at radius 1 is 0.353 bits per heavy atom. The van der Waals surface area contributed by atoms with E-state index in [1.165, 1.54) is 50.0 Å². The maximum absolute atomic E-state index is 7.45. The third kappa shape index (κ3) is 9.51. The Hall–Kier alpha value is -9.32. The highest BCUT2D eigenvalue weighted by Gasteiger charge is 2.45. The molecule has 4 nitrogen and oxygen atoms in total. The average Bonchev–Trinajstić information content (AvgIpc) is 1.26. The van der Waals surface area contributed by atoms with Gasteiger partial charge in [-0.05, 0) is 178 Å². The van der Waals surface area contributed by atoms with Gasteiger partial charge in [0.1, 0.15) is 34.5 Å². The number of anilines is 3. The van der Waals surface area contributed by atoms with Crippen molar-refractivity contribution in [3.8, 4) is 90.1 Å². The second kappa shape index (κ2) is 20.2. The van der Waals surface area contributed by atoms with Gasteiger partial charge in [-0.25, -0.2) is 0 Å². The van der Waals surface area contributed by atoms with E-state index >= 15 is 0 Å². The largest absolute Gasteiger partial charge is 0.458 e. The molecule has 0 saturated heterocycles. The van der Waals surface area contributed by atoms with Crippen LogP contribution in [0, 0.1) is 0 Å². The molecular weight excluding hydrogens is 1030 g/mol. The molecule has 0 atom stereocenters. The summed E-state index contributed by atoms with van der Waals surface area (Å²) in [6.45, 7) is 23.7. The van der Waals surface area contributed by atoms with Gasteiger partial charge in [0.15, 0.2) is 0 Å². The summed E-state index contributed by atoms with van der Waals surface area (Å²) < 4.78 is 20.7. The van der Waals surface area contributed by atoms with E-state index in [0.717, 1.165) is 95.9 Å². The van der Waals surface area contributed by atoms with Crippen molar-refractivity contribution in [2.24, 2.45) is 0 Å². The van der Waals surface area contributed by atoms with Crippen molar-refractivity contribution in [2.75, 3.05) is 4.90 Å². The predicted molar refractivity (Wildman–Crippen MR) is 356 cm³/mol. The van der Waals surface area contributed by atoms with Crippen molar-refractivity contribution in [1.82, 2.24) is 0 Å². The highest BCUT2D eigenvalue weighted by atomic mass is 16.5. The third-order valence-electron chi connectivity index (χ3n) is 18.7. The predicted octanol–water partition coefficient (Wildman–Crippen LogP) is 20.2. The zero-order chi connectivity index (χ0) is 58.6. The molecule has 0 spiro atoms. The number of nitrogens with zero attached hydrogens (tertiary/aromatic N) is 1. The number of rotatable bonds is 8. The van der Waals surface area contributed by atoms with Crippen LogP contribution in [-0.4, -0.2) is 6.71 Å². The van der Waals surface area contributed by atoms with E-state index in [1.807, 2.05) is 72.8 Å². The maximum Gasteiger partial charge on any atom is 0.256 e. The van der Waals surface area contributed by atoms with Crippen LogP contribution in [0.1, 0.15) is 91.5 Å². The minimum absolute atomic E-state index is 0.0999. The van der Waals surface area contributed by atoms with Crippen LogP contribution < -0.4 is 35.5 Å². The molecule has 8 bridgehead atoms. The molecule has 0 fully saturated rings. The molecule has 11 aromatic rings. The molecule has 0 unspecified atom stereocenters. The molecule has 3 aliphatic heterocycles. The van der Waals surface area contributed by atoms with Crippen LogP contribution in [0.2, 0.25) is 0 Å². The van der Waals surface area contributed by atoms with Gasteiger partial charge in [0, 0.05) is 22.5 Å². The number of benzene rings is 11. The van der Waals surface area contributed by atoms with Gasteiger partial charge in [0.2, 0.25) is 0 Å². The van der Waals surface area contributed by atoms with Crippen LogP contribution >= 0.6 is 0 Å². The van der Waals surface area contributed by atoms with Crippen LogP contribution in [0.3, 0.4) is 0 Å². The SMILES string of the molecule is CC(C)(C)c1cc2cc(c1)C(C)(C)C(C)(C)c1cc(cc(C(C)(C)C)c1)-c1ccc3c(c1)B1c4cc-2ccc4Oc2cc(-c4ccccc4)cc(c21)N3c1c(-c2cccc(Oc3ccccc3)c2)cccc1-c1cccc(Oc2ccccc2)c1. The Kier molecular flexibility index (Phi) is 12.8. The molecule has 0 saturated carbocycles. The Morgan fingerprint density at radius 3 is 1.34 bits per heavy atom. The van der Waals surface area contributed by atoms with Crippen molar-refractivity contribution in [1.29, 1.82) is 0 Å². The zero-order valence-corrected chi connectivity index (χ0v) is 50.3. The van der Waals surface area contributed by atoms with Gasteiger partial charge in [-0.3, -0.25) is 0 Å². The summed E-state index contributed by atoms with van der Waals surface area (Å²) in [5.74, 6) is 4.76. The smallest absolute Gasteiger partial charge is 0.256 e. The van der Waals surface area contributed by atoms with Crippen molar-refractivity contribution in [3.05, 3.63) is 265 Å². The van der Waals surface area contributed by atoms with Gasteiger partial charge in [-0.2, -0.15) is 0 Å². The third-order valence-corrected chi connectivity index (χ3v) is 18.7. The van der Waals surface area contributed by atoms with Gasteiger partial charge in [0.05, 0.1) is 5.69 Å². The summed E-state index contributed by atoms with van der Waals surface area (Å²) >= 11 is 0. The molecule has 0 N–H and O–H groups in total. The molecule has 0 radical (unpaired) electrons. The molecule has 11 aromatic carbocycles. The lowest BCUT2D eigenvalue weighted by Gasteiger charge is -2.44. The number of hydrogen-bond acceptors (Lipinski definition) is 4. The summed E-state index contributed by atoms with van der Waals surface area (Å²) in [7, 11) is 0. The van der Waals surface area contributed by atoms with Gasteiger partial charge in [0.25, 0.3) is 6.71 Å². The van der Waals surface area contributed by atoms with E-state index in [0.29, 0.717) is 0 Å². The topological polar surface area (TPSA) is 30.9 Å². The molecule has 5 heteroatoms. The van der Waals surface area contributed by atoms with Crippen LogP contribution in [0.4, 0.5) is 17.1 Å². The number of para-hydroxylation sites is 3. The van der Waals surface area contributed by atoms with E-state index in [2.05, 4.69) is 244 Å².